The molecule has 2 spiro atoms. The Morgan fingerprint density at radius 3 is 2.81 bits per heavy atom. The highest BCUT2D eigenvalue weighted by Crippen LogP contribution is 2.69. The topological polar surface area (TPSA) is 116 Å². The van der Waals surface area contributed by atoms with Gasteiger partial charge in [0.25, 0.3) is 0 Å². The summed E-state index contributed by atoms with van der Waals surface area (Å²) in [5, 5.41) is 24.3. The molecule has 10 heteroatoms. The third-order valence-electron chi connectivity index (χ3n) is 9.97. The monoisotopic (exact) mass is 507 g/mol. The van der Waals surface area contributed by atoms with Crippen molar-refractivity contribution in [3.8, 4) is 0 Å². The van der Waals surface area contributed by atoms with E-state index in [1.165, 1.54) is 0 Å². The van der Waals surface area contributed by atoms with Crippen LogP contribution >= 0.6 is 0 Å². The Bertz CT molecular complexity index is 1020. The number of allylic oxidation sites excluding steroid dienone is 4. The van der Waals surface area contributed by atoms with E-state index in [0.717, 1.165) is 12.0 Å². The summed E-state index contributed by atoms with van der Waals surface area (Å²) in [5.74, 6) is -2.37. The van der Waals surface area contributed by atoms with Crippen molar-refractivity contribution < 1.29 is 43.2 Å². The van der Waals surface area contributed by atoms with E-state index in [1.807, 2.05) is 13.0 Å². The highest BCUT2D eigenvalue weighted by atomic mass is 19.1. The molecule has 9 atom stereocenters. The zero-order valence-electron chi connectivity index (χ0n) is 20.7. The van der Waals surface area contributed by atoms with Gasteiger partial charge in [-0.05, 0) is 62.5 Å². The molecule has 2 unspecified atom stereocenters. The molecule has 198 valence electrons. The number of aliphatic hydroxyl groups excluding tert-OH is 1. The van der Waals surface area contributed by atoms with E-state index in [9.17, 15) is 9.90 Å². The summed E-state index contributed by atoms with van der Waals surface area (Å²) in [6.45, 7) is 4.45. The standard InChI is InChI=1S/C26H34FNO8/c1-15-9-18-19-4-3-16-10-17(28-36-8-6-22(30)31)5-7-23(16,2)25(19,27)21(29)11-20(18)26(15)24(34-14-35-26)12-32-13-33-24/h5,7,10,15,18-21,29H,3-4,6,8-9,11-14H2,1-2H3,(H,30,31)/t15-,18+,19+,20?,21+,23+,24?,25+,26-/m1/s1. The first-order chi connectivity index (χ1) is 17.2. The Kier molecular flexibility index (Phi) is 5.66. The molecule has 0 aromatic heterocycles. The summed E-state index contributed by atoms with van der Waals surface area (Å²) in [4.78, 5) is 15.8. The van der Waals surface area contributed by atoms with Crippen molar-refractivity contribution in [3.05, 3.63) is 23.8 Å². The van der Waals surface area contributed by atoms with Crippen molar-refractivity contribution in [1.82, 2.24) is 0 Å². The van der Waals surface area contributed by atoms with Gasteiger partial charge >= 0.3 is 5.97 Å². The molecule has 36 heavy (non-hydrogen) atoms. The van der Waals surface area contributed by atoms with E-state index in [1.54, 1.807) is 12.2 Å². The first kappa shape index (κ1) is 24.5. The number of alkyl halides is 1. The number of ether oxygens (including phenoxy) is 4. The summed E-state index contributed by atoms with van der Waals surface area (Å²) in [6, 6.07) is 0. The zero-order chi connectivity index (χ0) is 25.3. The molecule has 0 bridgehead atoms. The van der Waals surface area contributed by atoms with Crippen LogP contribution in [-0.4, -0.2) is 71.9 Å². The number of nitrogens with zero attached hydrogens (tertiary/aromatic N) is 1. The lowest BCUT2D eigenvalue weighted by Crippen LogP contribution is -2.68. The second-order valence-corrected chi connectivity index (χ2v) is 11.3. The van der Waals surface area contributed by atoms with Gasteiger partial charge in [0.2, 0.25) is 5.79 Å². The predicted molar refractivity (Wildman–Crippen MR) is 123 cm³/mol. The van der Waals surface area contributed by atoms with E-state index < -0.39 is 34.5 Å². The highest BCUT2D eigenvalue weighted by molar-refractivity contribution is 6.05. The van der Waals surface area contributed by atoms with Crippen LogP contribution in [0.4, 0.5) is 4.39 Å². The van der Waals surface area contributed by atoms with Crippen LogP contribution in [-0.2, 0) is 28.6 Å². The first-order valence-corrected chi connectivity index (χ1v) is 12.9. The molecular formula is C26H34FNO8. The van der Waals surface area contributed by atoms with Gasteiger partial charge in [-0.1, -0.05) is 23.7 Å². The molecule has 2 saturated heterocycles. The third kappa shape index (κ3) is 3.05. The van der Waals surface area contributed by atoms with Crippen LogP contribution < -0.4 is 0 Å². The predicted octanol–water partition coefficient (Wildman–Crippen LogP) is 2.94. The average molecular weight is 508 g/mol. The van der Waals surface area contributed by atoms with Crippen LogP contribution in [0.3, 0.4) is 0 Å². The maximum atomic E-state index is 17.5. The fraction of sp³-hybridized carbons (Fsp3) is 0.769. The normalized spacial score (nSPS) is 50.3. The van der Waals surface area contributed by atoms with Gasteiger partial charge in [-0.2, -0.15) is 0 Å². The van der Waals surface area contributed by atoms with Crippen molar-refractivity contribution in [3.63, 3.8) is 0 Å². The van der Waals surface area contributed by atoms with Gasteiger partial charge < -0.3 is 34.0 Å². The number of halogens is 1. The Hall–Kier alpha value is -1.85. The third-order valence-corrected chi connectivity index (χ3v) is 9.97. The number of aliphatic carboxylic acids is 1. The van der Waals surface area contributed by atoms with Gasteiger partial charge in [0.15, 0.2) is 19.3 Å². The van der Waals surface area contributed by atoms with Crippen molar-refractivity contribution >= 4 is 11.7 Å². The lowest BCUT2D eigenvalue weighted by Gasteiger charge is -2.60. The molecule has 5 fully saturated rings. The smallest absolute Gasteiger partial charge is 0.306 e. The summed E-state index contributed by atoms with van der Waals surface area (Å²) < 4.78 is 41.4. The number of carbonyl (C=O) groups is 1. The van der Waals surface area contributed by atoms with Gasteiger partial charge in [-0.3, -0.25) is 4.79 Å². The number of carboxylic acid groups (broad SMARTS) is 1. The quantitative estimate of drug-likeness (QED) is 0.441. The number of rotatable bonds is 4. The van der Waals surface area contributed by atoms with Crippen molar-refractivity contribution in [2.24, 2.45) is 34.2 Å². The van der Waals surface area contributed by atoms with Gasteiger partial charge in [0, 0.05) is 11.3 Å². The second-order valence-electron chi connectivity index (χ2n) is 11.3. The number of carboxylic acids is 1. The molecule has 0 aromatic carbocycles. The maximum Gasteiger partial charge on any atom is 0.306 e. The van der Waals surface area contributed by atoms with E-state index in [2.05, 4.69) is 12.1 Å². The molecule has 0 radical (unpaired) electrons. The minimum atomic E-state index is -1.85. The van der Waals surface area contributed by atoms with Crippen LogP contribution in [0.25, 0.3) is 0 Å². The van der Waals surface area contributed by atoms with E-state index in [-0.39, 0.29) is 63.3 Å². The molecule has 6 aliphatic rings. The number of oxime groups is 1. The summed E-state index contributed by atoms with van der Waals surface area (Å²) >= 11 is 0. The number of aliphatic hydroxyl groups is 1. The fourth-order valence-electron chi connectivity index (χ4n) is 8.43. The fourth-order valence-corrected chi connectivity index (χ4v) is 8.43. The Labute approximate surface area is 209 Å². The van der Waals surface area contributed by atoms with Crippen molar-refractivity contribution in [2.45, 2.75) is 69.1 Å². The molecule has 6 rings (SSSR count). The molecule has 2 heterocycles. The SMILES string of the molecule is C[C@@H]1C[C@@H]2C(C[C@H](O)[C@@]3(F)[C@H]2CCC2=CC(=NOCCC(=O)O)C=C[C@@]23C)[C@]12OCOC21COCO1. The van der Waals surface area contributed by atoms with Gasteiger partial charge in [-0.25, -0.2) is 4.39 Å². The minimum Gasteiger partial charge on any atom is -0.481 e. The maximum absolute atomic E-state index is 17.5. The number of hydrogen-bond acceptors (Lipinski definition) is 8. The van der Waals surface area contributed by atoms with Crippen LogP contribution in [0.1, 0.15) is 46.0 Å². The minimum absolute atomic E-state index is 0.0115. The first-order valence-electron chi connectivity index (χ1n) is 12.9. The molecular weight excluding hydrogens is 473 g/mol. The van der Waals surface area contributed by atoms with Crippen LogP contribution in [0.5, 0.6) is 0 Å². The van der Waals surface area contributed by atoms with Gasteiger partial charge in [0.05, 0.1) is 12.5 Å². The summed E-state index contributed by atoms with van der Waals surface area (Å²) in [6.07, 6.45) is 6.29. The average Bonchev–Trinajstić information content (AvgIpc) is 3.54. The Balaban J connectivity index is 1.30. The van der Waals surface area contributed by atoms with E-state index >= 15 is 4.39 Å². The molecule has 4 aliphatic carbocycles. The van der Waals surface area contributed by atoms with E-state index in [0.29, 0.717) is 18.6 Å². The van der Waals surface area contributed by atoms with Gasteiger partial charge in [-0.15, -0.1) is 0 Å². The number of fused-ring (bicyclic) bond motifs is 7. The lowest BCUT2D eigenvalue weighted by atomic mass is 9.47. The molecule has 9 nitrogen and oxygen atoms in total. The summed E-state index contributed by atoms with van der Waals surface area (Å²) in [7, 11) is 0. The molecule has 2 N–H and O–H groups in total. The van der Waals surface area contributed by atoms with Crippen LogP contribution in [0.2, 0.25) is 0 Å². The van der Waals surface area contributed by atoms with E-state index in [4.69, 9.17) is 28.9 Å². The Morgan fingerprint density at radius 2 is 2.06 bits per heavy atom. The summed E-state index contributed by atoms with van der Waals surface area (Å²) in [5.41, 5.74) is -2.23. The molecule has 2 aliphatic heterocycles. The molecule has 0 amide bonds. The largest absolute Gasteiger partial charge is 0.481 e. The molecule has 3 saturated carbocycles. The zero-order valence-corrected chi connectivity index (χ0v) is 20.7. The lowest BCUT2D eigenvalue weighted by molar-refractivity contribution is -0.249. The van der Waals surface area contributed by atoms with Crippen molar-refractivity contribution in [2.75, 3.05) is 26.8 Å². The van der Waals surface area contributed by atoms with Crippen molar-refractivity contribution in [1.29, 1.82) is 0 Å². The highest BCUT2D eigenvalue weighted by Gasteiger charge is 2.77. The Morgan fingerprint density at radius 1 is 1.25 bits per heavy atom. The second kappa shape index (κ2) is 8.33. The molecule has 0 aromatic rings. The van der Waals surface area contributed by atoms with Crippen LogP contribution in [0, 0.1) is 29.1 Å². The number of hydrogen-bond donors (Lipinski definition) is 2. The van der Waals surface area contributed by atoms with Crippen LogP contribution in [0.15, 0.2) is 29.0 Å². The van der Waals surface area contributed by atoms with Gasteiger partial charge in [0.1, 0.15) is 24.5 Å².